The number of hydrogen-bond donors (Lipinski definition) is 2. The fraction of sp³-hybridized carbons (Fsp3) is 1.00. The first-order valence-electron chi connectivity index (χ1n) is 4.73. The van der Waals surface area contributed by atoms with Gasteiger partial charge in [-0.2, -0.15) is 0 Å². The van der Waals surface area contributed by atoms with Crippen LogP contribution in [0.25, 0.3) is 0 Å². The Hall–Kier alpha value is -0.640. The molecule has 0 bridgehead atoms. The lowest BCUT2D eigenvalue weighted by atomic mass is 9.98. The van der Waals surface area contributed by atoms with E-state index in [0.29, 0.717) is 0 Å². The lowest BCUT2D eigenvalue weighted by Crippen LogP contribution is -2.31. The van der Waals surface area contributed by atoms with E-state index in [1.807, 2.05) is 0 Å². The Bertz CT molecular complexity index is 111. The van der Waals surface area contributed by atoms with Gasteiger partial charge in [0.05, 0.1) is 0 Å². The second kappa shape index (κ2) is 9.45. The van der Waals surface area contributed by atoms with Crippen LogP contribution in [0, 0.1) is 4.91 Å². The highest BCUT2D eigenvalue weighted by Crippen LogP contribution is 2.10. The van der Waals surface area contributed by atoms with Gasteiger partial charge in [-0.3, -0.25) is 0 Å². The molecule has 0 heterocycles. The van der Waals surface area contributed by atoms with Gasteiger partial charge in [0.2, 0.25) is 0 Å². The second-order valence-corrected chi connectivity index (χ2v) is 3.88. The van der Waals surface area contributed by atoms with Crippen molar-refractivity contribution in [3.05, 3.63) is 4.91 Å². The van der Waals surface area contributed by atoms with Gasteiger partial charge in [-0.25, -0.2) is 0 Å². The number of nitrogens with two attached hydrogens (primary N) is 1. The molecule has 0 aliphatic rings. The van der Waals surface area contributed by atoms with Crippen molar-refractivity contribution in [3.63, 3.8) is 0 Å². The van der Waals surface area contributed by atoms with E-state index in [9.17, 15) is 0 Å². The highest BCUT2D eigenvalue weighted by atomic mass is 16.6. The minimum absolute atomic E-state index is 0.0493. The summed E-state index contributed by atoms with van der Waals surface area (Å²) in [6.45, 7) is 6.42. The molecule has 3 N–H and O–H groups in total. The molecule has 0 aromatic rings. The molecule has 0 saturated carbocycles. The molecule has 0 rings (SSSR count). The lowest BCUT2D eigenvalue weighted by molar-refractivity contribution is 0.312. The van der Waals surface area contributed by atoms with Crippen LogP contribution < -0.4 is 5.73 Å². The summed E-state index contributed by atoms with van der Waals surface area (Å²) in [5, 5.41) is 7.89. The van der Waals surface area contributed by atoms with Crippen molar-refractivity contribution in [1.82, 2.24) is 0 Å². The number of nitrogens with zero attached hydrogens (tertiary/aromatic N) is 1. The molecule has 0 spiro atoms. The van der Waals surface area contributed by atoms with Gasteiger partial charge in [0, 0.05) is 5.54 Å². The summed E-state index contributed by atoms with van der Waals surface area (Å²) in [5.74, 6) is 0. The topological polar surface area (TPSA) is 75.7 Å². The maximum atomic E-state index is 8.11. The molecular weight excluding hydrogens is 168 g/mol. The summed E-state index contributed by atoms with van der Waals surface area (Å²) in [7, 11) is 0. The second-order valence-electron chi connectivity index (χ2n) is 3.88. The molecule has 0 radical (unpaired) electrons. The average molecular weight is 190 g/mol. The van der Waals surface area contributed by atoms with Crippen molar-refractivity contribution in [2.75, 3.05) is 0 Å². The van der Waals surface area contributed by atoms with Gasteiger partial charge < -0.3 is 10.9 Å². The third-order valence-electron chi connectivity index (χ3n) is 1.67. The van der Waals surface area contributed by atoms with Crippen LogP contribution in [0.4, 0.5) is 0 Å². The Morgan fingerprint density at radius 3 is 2.08 bits per heavy atom. The fourth-order valence-corrected chi connectivity index (χ4v) is 1.01. The summed E-state index contributed by atoms with van der Waals surface area (Å²) in [4.78, 5) is 8.11. The van der Waals surface area contributed by atoms with Crippen LogP contribution in [0.15, 0.2) is 5.34 Å². The summed E-state index contributed by atoms with van der Waals surface area (Å²) in [6.07, 6.45) is 6.46. The predicted molar refractivity (Wildman–Crippen MR) is 54.6 cm³/mol. The Morgan fingerprint density at radius 2 is 1.77 bits per heavy atom. The molecule has 0 aliphatic heterocycles. The predicted octanol–water partition coefficient (Wildman–Crippen LogP) is 2.84. The van der Waals surface area contributed by atoms with Crippen LogP contribution in [0.2, 0.25) is 0 Å². The molecule has 80 valence electrons. The summed E-state index contributed by atoms with van der Waals surface area (Å²) >= 11 is 0. The Balaban J connectivity index is 0. The SMILES string of the molecule is CCCCCCC(C)(C)N.O=NO. The maximum absolute atomic E-state index is 8.11. The average Bonchev–Trinajstić information content (AvgIpc) is 1.98. The largest absolute Gasteiger partial charge is 0.379 e. The molecule has 13 heavy (non-hydrogen) atoms. The Kier molecular flexibility index (Phi) is 10.8. The number of hydrogen-bond acceptors (Lipinski definition) is 3. The zero-order valence-electron chi connectivity index (χ0n) is 8.92. The fourth-order valence-electron chi connectivity index (χ4n) is 1.01. The third-order valence-corrected chi connectivity index (χ3v) is 1.67. The Labute approximate surface area is 80.4 Å². The van der Waals surface area contributed by atoms with Crippen molar-refractivity contribution in [2.24, 2.45) is 11.1 Å². The van der Waals surface area contributed by atoms with E-state index in [4.69, 9.17) is 15.8 Å². The van der Waals surface area contributed by atoms with Crippen LogP contribution >= 0.6 is 0 Å². The van der Waals surface area contributed by atoms with E-state index in [1.54, 1.807) is 0 Å². The first kappa shape index (κ1) is 14.9. The number of unbranched alkanes of at least 4 members (excludes halogenated alkanes) is 3. The van der Waals surface area contributed by atoms with Crippen molar-refractivity contribution in [3.8, 4) is 0 Å². The smallest absolute Gasteiger partial charge is 0.152 e. The third kappa shape index (κ3) is 24.6. The molecule has 4 nitrogen and oxygen atoms in total. The van der Waals surface area contributed by atoms with Crippen LogP contribution in [-0.2, 0) is 0 Å². The minimum atomic E-state index is 0.0493. The van der Waals surface area contributed by atoms with Crippen molar-refractivity contribution in [1.29, 1.82) is 0 Å². The zero-order chi connectivity index (χ0) is 10.7. The van der Waals surface area contributed by atoms with E-state index >= 15 is 0 Å². The molecular formula is C9H22N2O2. The zero-order valence-corrected chi connectivity index (χ0v) is 8.92. The first-order valence-corrected chi connectivity index (χ1v) is 4.73. The molecule has 0 saturated heterocycles. The van der Waals surface area contributed by atoms with E-state index in [2.05, 4.69) is 20.8 Å². The van der Waals surface area contributed by atoms with Gasteiger partial charge in [-0.1, -0.05) is 32.6 Å². The van der Waals surface area contributed by atoms with E-state index < -0.39 is 0 Å². The van der Waals surface area contributed by atoms with Crippen molar-refractivity contribution in [2.45, 2.75) is 58.4 Å². The first-order chi connectivity index (χ1) is 5.97. The molecule has 0 aromatic heterocycles. The quantitative estimate of drug-likeness (QED) is 0.397. The lowest BCUT2D eigenvalue weighted by Gasteiger charge is -2.17. The van der Waals surface area contributed by atoms with Gasteiger partial charge in [0.15, 0.2) is 5.34 Å². The van der Waals surface area contributed by atoms with Gasteiger partial charge in [-0.15, -0.1) is 4.91 Å². The normalized spacial score (nSPS) is 10.2. The van der Waals surface area contributed by atoms with Crippen LogP contribution in [0.1, 0.15) is 52.9 Å². The van der Waals surface area contributed by atoms with Crippen LogP contribution in [0.3, 0.4) is 0 Å². The van der Waals surface area contributed by atoms with Crippen molar-refractivity contribution >= 4 is 0 Å². The van der Waals surface area contributed by atoms with Gasteiger partial charge in [0.1, 0.15) is 0 Å². The maximum Gasteiger partial charge on any atom is 0.152 e. The van der Waals surface area contributed by atoms with Gasteiger partial charge in [0.25, 0.3) is 0 Å². The summed E-state index contributed by atoms with van der Waals surface area (Å²) in [5.41, 5.74) is 5.87. The van der Waals surface area contributed by atoms with E-state index in [0.717, 1.165) is 6.42 Å². The number of rotatable bonds is 5. The van der Waals surface area contributed by atoms with E-state index in [-0.39, 0.29) is 5.54 Å². The van der Waals surface area contributed by atoms with E-state index in [1.165, 1.54) is 31.0 Å². The molecule has 4 heteroatoms. The molecule has 0 atom stereocenters. The van der Waals surface area contributed by atoms with Crippen LogP contribution in [0.5, 0.6) is 0 Å². The van der Waals surface area contributed by atoms with Gasteiger partial charge >= 0.3 is 0 Å². The monoisotopic (exact) mass is 190 g/mol. The summed E-state index contributed by atoms with van der Waals surface area (Å²) in [6, 6.07) is 0. The molecule has 0 aromatic carbocycles. The molecule has 0 unspecified atom stereocenters. The minimum Gasteiger partial charge on any atom is -0.379 e. The van der Waals surface area contributed by atoms with Crippen molar-refractivity contribution < 1.29 is 5.21 Å². The van der Waals surface area contributed by atoms with Gasteiger partial charge in [-0.05, 0) is 20.3 Å². The standard InChI is InChI=1S/C9H21N.HNO2/c1-4-5-6-7-8-9(2,3)10;2-1-3/h4-8,10H2,1-3H3;(H,2,3). The highest BCUT2D eigenvalue weighted by molar-refractivity contribution is 4.70. The molecule has 0 aliphatic carbocycles. The Morgan fingerprint density at radius 1 is 1.31 bits per heavy atom. The summed E-state index contributed by atoms with van der Waals surface area (Å²) < 4.78 is 0. The highest BCUT2D eigenvalue weighted by Gasteiger charge is 2.08. The molecule has 0 amide bonds. The molecule has 0 fully saturated rings. The van der Waals surface area contributed by atoms with Crippen LogP contribution in [-0.4, -0.2) is 10.7 Å².